The fourth-order valence-corrected chi connectivity index (χ4v) is 4.19. The molecule has 2 N–H and O–H groups in total. The first kappa shape index (κ1) is 15.1. The van der Waals surface area contributed by atoms with E-state index >= 15 is 0 Å². The van der Waals surface area contributed by atoms with Crippen LogP contribution in [0.5, 0.6) is 0 Å². The van der Waals surface area contributed by atoms with Crippen LogP contribution in [0.15, 0.2) is 35.5 Å². The molecule has 0 fully saturated rings. The number of nitrogens with zero attached hydrogens (tertiary/aromatic N) is 3. The Balaban J connectivity index is 1.67. The standard InChI is InChI=1S/C15H16N4OS2/c1-19-14(7-6-13(16)20)17-18-15(19)21-9-11-8-10-4-2-3-5-12(10)22-11/h2-5,8H,6-7,9H2,1H3,(H2,16,20). The summed E-state index contributed by atoms with van der Waals surface area (Å²) in [4.78, 5) is 12.2. The summed E-state index contributed by atoms with van der Waals surface area (Å²) < 4.78 is 3.24. The first-order valence-corrected chi connectivity index (χ1v) is 8.70. The van der Waals surface area contributed by atoms with E-state index in [9.17, 15) is 4.79 Å². The molecule has 0 saturated carbocycles. The van der Waals surface area contributed by atoms with E-state index in [1.54, 1.807) is 23.1 Å². The number of nitrogens with two attached hydrogens (primary N) is 1. The maximum Gasteiger partial charge on any atom is 0.217 e. The highest BCUT2D eigenvalue weighted by atomic mass is 32.2. The van der Waals surface area contributed by atoms with Crippen molar-refractivity contribution in [2.75, 3.05) is 0 Å². The number of thioether (sulfide) groups is 1. The number of amides is 1. The lowest BCUT2D eigenvalue weighted by molar-refractivity contribution is -0.118. The zero-order valence-electron chi connectivity index (χ0n) is 12.2. The van der Waals surface area contributed by atoms with E-state index in [-0.39, 0.29) is 5.91 Å². The predicted octanol–water partition coefficient (Wildman–Crippen LogP) is 2.74. The smallest absolute Gasteiger partial charge is 0.217 e. The van der Waals surface area contributed by atoms with Crippen LogP contribution in [-0.4, -0.2) is 20.7 Å². The van der Waals surface area contributed by atoms with Gasteiger partial charge in [-0.05, 0) is 17.5 Å². The van der Waals surface area contributed by atoms with Gasteiger partial charge in [0.25, 0.3) is 0 Å². The molecular formula is C15H16N4OS2. The molecule has 0 spiro atoms. The second kappa shape index (κ2) is 6.50. The molecule has 0 aliphatic carbocycles. The number of thiophene rings is 1. The SMILES string of the molecule is Cn1c(CCC(N)=O)nnc1SCc1cc2ccccc2s1. The van der Waals surface area contributed by atoms with Gasteiger partial charge >= 0.3 is 0 Å². The van der Waals surface area contributed by atoms with Crippen LogP contribution in [0.3, 0.4) is 0 Å². The number of carbonyl (C=O) groups is 1. The molecule has 3 rings (SSSR count). The van der Waals surface area contributed by atoms with E-state index < -0.39 is 0 Å². The van der Waals surface area contributed by atoms with Gasteiger partial charge in [-0.3, -0.25) is 4.79 Å². The number of aryl methyl sites for hydroxylation is 1. The number of aromatic nitrogens is 3. The van der Waals surface area contributed by atoms with Gasteiger partial charge in [0, 0.05) is 35.2 Å². The van der Waals surface area contributed by atoms with Crippen molar-refractivity contribution in [2.24, 2.45) is 12.8 Å². The maximum atomic E-state index is 10.8. The molecule has 7 heteroatoms. The molecule has 2 aromatic heterocycles. The number of hydrogen-bond donors (Lipinski definition) is 1. The minimum Gasteiger partial charge on any atom is -0.370 e. The third-order valence-electron chi connectivity index (χ3n) is 3.34. The van der Waals surface area contributed by atoms with Gasteiger partial charge in [-0.1, -0.05) is 30.0 Å². The third-order valence-corrected chi connectivity index (χ3v) is 5.71. The highest BCUT2D eigenvalue weighted by molar-refractivity contribution is 7.98. The van der Waals surface area contributed by atoms with Crippen LogP contribution in [0, 0.1) is 0 Å². The molecule has 1 amide bonds. The summed E-state index contributed by atoms with van der Waals surface area (Å²) in [6, 6.07) is 10.6. The van der Waals surface area contributed by atoms with Gasteiger partial charge < -0.3 is 10.3 Å². The Morgan fingerprint density at radius 1 is 1.36 bits per heavy atom. The Hall–Kier alpha value is -1.86. The van der Waals surface area contributed by atoms with Gasteiger partial charge in [0.15, 0.2) is 5.16 Å². The molecular weight excluding hydrogens is 316 g/mol. The van der Waals surface area contributed by atoms with Crippen molar-refractivity contribution in [3.05, 3.63) is 41.0 Å². The molecule has 0 unspecified atom stereocenters. The van der Waals surface area contributed by atoms with Gasteiger partial charge in [0.1, 0.15) is 5.82 Å². The molecule has 1 aromatic carbocycles. The summed E-state index contributed by atoms with van der Waals surface area (Å²) in [5, 5.41) is 10.5. The summed E-state index contributed by atoms with van der Waals surface area (Å²) in [5.41, 5.74) is 5.17. The Bertz CT molecular complexity index is 776. The molecule has 0 aliphatic heterocycles. The van der Waals surface area contributed by atoms with E-state index in [1.165, 1.54) is 15.0 Å². The van der Waals surface area contributed by atoms with Crippen LogP contribution in [0.2, 0.25) is 0 Å². The van der Waals surface area contributed by atoms with E-state index in [0.29, 0.717) is 12.8 Å². The predicted molar refractivity (Wildman–Crippen MR) is 89.9 cm³/mol. The normalized spacial score (nSPS) is 11.1. The molecule has 5 nitrogen and oxygen atoms in total. The van der Waals surface area contributed by atoms with Gasteiger partial charge in [-0.2, -0.15) is 0 Å². The maximum absolute atomic E-state index is 10.8. The average Bonchev–Trinajstić information content (AvgIpc) is 3.06. The van der Waals surface area contributed by atoms with Gasteiger partial charge in [0.05, 0.1) is 0 Å². The lowest BCUT2D eigenvalue weighted by atomic mass is 10.2. The molecule has 0 aliphatic rings. The first-order valence-electron chi connectivity index (χ1n) is 6.90. The third kappa shape index (κ3) is 3.31. The molecule has 2 heterocycles. The Labute approximate surface area is 136 Å². The van der Waals surface area contributed by atoms with Crippen molar-refractivity contribution < 1.29 is 4.79 Å². The zero-order valence-corrected chi connectivity index (χ0v) is 13.8. The van der Waals surface area contributed by atoms with E-state index in [0.717, 1.165) is 16.7 Å². The van der Waals surface area contributed by atoms with Crippen LogP contribution in [-0.2, 0) is 24.0 Å². The highest BCUT2D eigenvalue weighted by Crippen LogP contribution is 2.30. The Morgan fingerprint density at radius 2 is 2.18 bits per heavy atom. The highest BCUT2D eigenvalue weighted by Gasteiger charge is 2.11. The zero-order chi connectivity index (χ0) is 15.5. The Morgan fingerprint density at radius 3 is 2.95 bits per heavy atom. The molecule has 0 radical (unpaired) electrons. The number of fused-ring (bicyclic) bond motifs is 1. The van der Waals surface area contributed by atoms with Crippen LogP contribution in [0.25, 0.3) is 10.1 Å². The summed E-state index contributed by atoms with van der Waals surface area (Å²) in [6.45, 7) is 0. The fraction of sp³-hybridized carbons (Fsp3) is 0.267. The monoisotopic (exact) mass is 332 g/mol. The summed E-state index contributed by atoms with van der Waals surface area (Å²) >= 11 is 3.46. The number of rotatable bonds is 6. The summed E-state index contributed by atoms with van der Waals surface area (Å²) in [7, 11) is 1.92. The molecule has 0 bridgehead atoms. The summed E-state index contributed by atoms with van der Waals surface area (Å²) in [5.74, 6) is 1.33. The second-order valence-electron chi connectivity index (χ2n) is 4.96. The quantitative estimate of drug-likeness (QED) is 0.704. The van der Waals surface area contributed by atoms with Crippen molar-refractivity contribution in [1.29, 1.82) is 0 Å². The van der Waals surface area contributed by atoms with Crippen molar-refractivity contribution in [3.8, 4) is 0 Å². The van der Waals surface area contributed by atoms with Crippen molar-refractivity contribution in [2.45, 2.75) is 23.8 Å². The molecule has 0 atom stereocenters. The van der Waals surface area contributed by atoms with Crippen molar-refractivity contribution in [1.82, 2.24) is 14.8 Å². The van der Waals surface area contributed by atoms with Gasteiger partial charge in [-0.25, -0.2) is 0 Å². The topological polar surface area (TPSA) is 73.8 Å². The summed E-state index contributed by atoms with van der Waals surface area (Å²) in [6.07, 6.45) is 0.829. The van der Waals surface area contributed by atoms with Gasteiger partial charge in [0.2, 0.25) is 5.91 Å². The van der Waals surface area contributed by atoms with E-state index in [1.807, 2.05) is 11.6 Å². The van der Waals surface area contributed by atoms with Crippen molar-refractivity contribution >= 4 is 39.1 Å². The van der Waals surface area contributed by atoms with Crippen LogP contribution >= 0.6 is 23.1 Å². The molecule has 0 saturated heterocycles. The number of carbonyl (C=O) groups excluding carboxylic acids is 1. The lowest BCUT2D eigenvalue weighted by Gasteiger charge is -2.02. The molecule has 3 aromatic rings. The minimum atomic E-state index is -0.317. The van der Waals surface area contributed by atoms with Crippen LogP contribution in [0.4, 0.5) is 0 Å². The number of benzene rings is 1. The fourth-order valence-electron chi connectivity index (χ4n) is 2.17. The van der Waals surface area contributed by atoms with Crippen LogP contribution in [0.1, 0.15) is 17.1 Å². The second-order valence-corrected chi connectivity index (χ2v) is 7.07. The van der Waals surface area contributed by atoms with E-state index in [2.05, 4.69) is 40.5 Å². The van der Waals surface area contributed by atoms with E-state index in [4.69, 9.17) is 5.73 Å². The number of hydrogen-bond acceptors (Lipinski definition) is 5. The van der Waals surface area contributed by atoms with Crippen molar-refractivity contribution in [3.63, 3.8) is 0 Å². The lowest BCUT2D eigenvalue weighted by Crippen LogP contribution is -2.12. The average molecular weight is 332 g/mol. The Kier molecular flexibility index (Phi) is 4.44. The minimum absolute atomic E-state index is 0.299. The molecule has 114 valence electrons. The largest absolute Gasteiger partial charge is 0.370 e. The number of primary amides is 1. The van der Waals surface area contributed by atoms with Gasteiger partial charge in [-0.15, -0.1) is 21.5 Å². The molecule has 22 heavy (non-hydrogen) atoms. The van der Waals surface area contributed by atoms with Crippen LogP contribution < -0.4 is 5.73 Å². The first-order chi connectivity index (χ1) is 10.6.